The Balaban J connectivity index is 1.14. The number of nitrogens with one attached hydrogen (secondary N) is 2. The number of aromatic nitrogens is 1. The molecule has 0 spiro atoms. The summed E-state index contributed by atoms with van der Waals surface area (Å²) < 4.78 is 0. The number of amides is 3. The van der Waals surface area contributed by atoms with E-state index in [2.05, 4.69) is 45.5 Å². The maximum atomic E-state index is 13.0. The van der Waals surface area contributed by atoms with Crippen molar-refractivity contribution in [2.75, 3.05) is 26.2 Å². The number of H-pyrrole nitrogens is 1. The molecule has 0 saturated carbocycles. The fourth-order valence-corrected chi connectivity index (χ4v) is 4.94. The van der Waals surface area contributed by atoms with Crippen LogP contribution in [0.25, 0.3) is 10.9 Å². The van der Waals surface area contributed by atoms with Crippen LogP contribution in [0.1, 0.15) is 42.3 Å². The summed E-state index contributed by atoms with van der Waals surface area (Å²) in [4.78, 5) is 32.5. The highest BCUT2D eigenvalue weighted by Gasteiger charge is 2.39. The van der Waals surface area contributed by atoms with E-state index in [1.54, 1.807) is 0 Å². The number of carbonyl (C=O) groups is 2. The van der Waals surface area contributed by atoms with Crippen molar-refractivity contribution in [1.29, 1.82) is 0 Å². The highest BCUT2D eigenvalue weighted by molar-refractivity contribution is 6.06. The largest absolute Gasteiger partial charge is 0.361 e. The number of nitrogens with zero attached hydrogens (tertiary/aromatic N) is 2. The summed E-state index contributed by atoms with van der Waals surface area (Å²) in [5.74, 6) is 0.484. The molecule has 0 radical (unpaired) electrons. The average molecular weight is 417 g/mol. The number of rotatable bonds is 6. The van der Waals surface area contributed by atoms with Gasteiger partial charge >= 0.3 is 6.03 Å². The fourth-order valence-electron chi connectivity index (χ4n) is 4.94. The van der Waals surface area contributed by atoms with Gasteiger partial charge in [0, 0.05) is 29.2 Å². The van der Waals surface area contributed by atoms with Gasteiger partial charge in [-0.15, -0.1) is 0 Å². The predicted molar refractivity (Wildman–Crippen MR) is 121 cm³/mol. The van der Waals surface area contributed by atoms with Crippen LogP contribution < -0.4 is 5.32 Å². The number of aromatic amines is 1. The van der Waals surface area contributed by atoms with E-state index in [0.29, 0.717) is 12.5 Å². The van der Waals surface area contributed by atoms with Crippen LogP contribution in [0, 0.1) is 0 Å². The number of likely N-dealkylation sites (tertiary alicyclic amines) is 1. The number of imide groups is 1. The van der Waals surface area contributed by atoms with Gasteiger partial charge in [0.05, 0.1) is 0 Å². The molecule has 160 valence electrons. The zero-order valence-electron chi connectivity index (χ0n) is 17.6. The third-order valence-corrected chi connectivity index (χ3v) is 6.67. The lowest BCUT2D eigenvalue weighted by Gasteiger charge is -2.32. The van der Waals surface area contributed by atoms with Crippen LogP contribution >= 0.6 is 0 Å². The van der Waals surface area contributed by atoms with E-state index in [9.17, 15) is 9.59 Å². The predicted octanol–water partition coefficient (Wildman–Crippen LogP) is 4.03. The van der Waals surface area contributed by atoms with Crippen LogP contribution in [-0.4, -0.2) is 52.9 Å². The second-order valence-corrected chi connectivity index (χ2v) is 8.54. The molecular formula is C25H28N4O2. The fraction of sp³-hybridized carbons (Fsp3) is 0.360. The van der Waals surface area contributed by atoms with Gasteiger partial charge in [0.25, 0.3) is 5.91 Å². The molecule has 0 bridgehead atoms. The molecule has 3 heterocycles. The number of fused-ring (bicyclic) bond motifs is 1. The van der Waals surface area contributed by atoms with Crippen molar-refractivity contribution in [1.82, 2.24) is 20.1 Å². The summed E-state index contributed by atoms with van der Waals surface area (Å²) in [7, 11) is 0. The molecule has 3 amide bonds. The van der Waals surface area contributed by atoms with Crippen molar-refractivity contribution in [2.24, 2.45) is 0 Å². The van der Waals surface area contributed by atoms with Crippen molar-refractivity contribution >= 4 is 22.8 Å². The van der Waals surface area contributed by atoms with Crippen LogP contribution in [0.4, 0.5) is 4.79 Å². The Morgan fingerprint density at radius 1 is 0.903 bits per heavy atom. The molecule has 1 unspecified atom stereocenters. The molecule has 1 atom stereocenters. The molecule has 2 aliphatic rings. The Labute approximate surface area is 182 Å². The van der Waals surface area contributed by atoms with Crippen molar-refractivity contribution < 1.29 is 9.59 Å². The summed E-state index contributed by atoms with van der Waals surface area (Å²) in [6.45, 7) is 3.51. The van der Waals surface area contributed by atoms with E-state index in [1.165, 1.54) is 10.5 Å². The van der Waals surface area contributed by atoms with E-state index in [0.717, 1.165) is 55.4 Å². The molecule has 1 aromatic heterocycles. The van der Waals surface area contributed by atoms with Crippen molar-refractivity contribution in [2.45, 2.75) is 31.2 Å². The van der Waals surface area contributed by atoms with Gasteiger partial charge in [-0.2, -0.15) is 0 Å². The van der Waals surface area contributed by atoms with Gasteiger partial charge in [-0.1, -0.05) is 48.5 Å². The topological polar surface area (TPSA) is 68.4 Å². The minimum absolute atomic E-state index is 0.155. The summed E-state index contributed by atoms with van der Waals surface area (Å²) >= 11 is 0. The number of hydrogen-bond acceptors (Lipinski definition) is 3. The highest BCUT2D eigenvalue weighted by Crippen LogP contribution is 2.30. The lowest BCUT2D eigenvalue weighted by atomic mass is 9.89. The number of hydrogen-bond donors (Lipinski definition) is 2. The lowest BCUT2D eigenvalue weighted by molar-refractivity contribution is -0.127. The Bertz CT molecular complexity index is 1070. The normalized spacial score (nSPS) is 20.5. The van der Waals surface area contributed by atoms with Crippen LogP contribution in [-0.2, 0) is 4.79 Å². The second kappa shape index (κ2) is 8.55. The van der Waals surface area contributed by atoms with Crippen molar-refractivity contribution in [3.63, 3.8) is 0 Å². The van der Waals surface area contributed by atoms with Gasteiger partial charge in [-0.05, 0) is 56.4 Å². The first-order valence-electron chi connectivity index (χ1n) is 11.2. The smallest absolute Gasteiger partial charge is 0.325 e. The van der Waals surface area contributed by atoms with Gasteiger partial charge in [-0.25, -0.2) is 4.79 Å². The van der Waals surface area contributed by atoms with Crippen LogP contribution in [0.5, 0.6) is 0 Å². The lowest BCUT2D eigenvalue weighted by Crippen LogP contribution is -2.37. The molecular weight excluding hydrogens is 388 g/mol. The van der Waals surface area contributed by atoms with E-state index in [-0.39, 0.29) is 11.9 Å². The maximum absolute atomic E-state index is 13.0. The number of para-hydroxylation sites is 1. The summed E-state index contributed by atoms with van der Waals surface area (Å²) in [6, 6.07) is 17.7. The van der Waals surface area contributed by atoms with Crippen molar-refractivity contribution in [3.8, 4) is 0 Å². The zero-order valence-corrected chi connectivity index (χ0v) is 17.6. The third kappa shape index (κ3) is 3.95. The number of benzene rings is 2. The molecule has 2 fully saturated rings. The molecule has 2 aliphatic heterocycles. The molecule has 0 aliphatic carbocycles. The Morgan fingerprint density at radius 3 is 2.45 bits per heavy atom. The Morgan fingerprint density at radius 2 is 1.65 bits per heavy atom. The van der Waals surface area contributed by atoms with Crippen LogP contribution in [0.15, 0.2) is 60.8 Å². The van der Waals surface area contributed by atoms with Gasteiger partial charge in [0.15, 0.2) is 0 Å². The van der Waals surface area contributed by atoms with E-state index in [1.807, 2.05) is 30.5 Å². The molecule has 2 N–H and O–H groups in total. The molecule has 5 rings (SSSR count). The first-order chi connectivity index (χ1) is 15.2. The molecule has 6 nitrogen and oxygen atoms in total. The molecule has 3 aromatic rings. The first kappa shape index (κ1) is 19.8. The molecule has 31 heavy (non-hydrogen) atoms. The average Bonchev–Trinajstić information content (AvgIpc) is 3.36. The van der Waals surface area contributed by atoms with Crippen molar-refractivity contribution in [3.05, 3.63) is 71.9 Å². The SMILES string of the molecule is O=C1NC(c2c[nH]c3ccccc23)C(=O)N1CCCN1CCC(c2ccccc2)CC1. The van der Waals surface area contributed by atoms with E-state index < -0.39 is 6.04 Å². The molecule has 2 saturated heterocycles. The summed E-state index contributed by atoms with van der Waals surface area (Å²) in [6.07, 6.45) is 4.95. The Hall–Kier alpha value is -3.12. The summed E-state index contributed by atoms with van der Waals surface area (Å²) in [5.41, 5.74) is 3.24. The number of piperidine rings is 1. The Kier molecular flexibility index (Phi) is 5.47. The van der Waals surface area contributed by atoms with Crippen LogP contribution in [0.3, 0.4) is 0 Å². The van der Waals surface area contributed by atoms with Gasteiger partial charge in [0.2, 0.25) is 0 Å². The molecule has 2 aromatic carbocycles. The number of urea groups is 1. The quantitative estimate of drug-likeness (QED) is 0.596. The first-order valence-corrected chi connectivity index (χ1v) is 11.2. The number of carbonyl (C=O) groups excluding carboxylic acids is 2. The molecule has 6 heteroatoms. The third-order valence-electron chi connectivity index (χ3n) is 6.67. The minimum atomic E-state index is -0.606. The second-order valence-electron chi connectivity index (χ2n) is 8.54. The van der Waals surface area contributed by atoms with E-state index >= 15 is 0 Å². The van der Waals surface area contributed by atoms with Crippen LogP contribution in [0.2, 0.25) is 0 Å². The zero-order chi connectivity index (χ0) is 21.2. The monoisotopic (exact) mass is 416 g/mol. The summed E-state index contributed by atoms with van der Waals surface area (Å²) in [5, 5.41) is 3.84. The minimum Gasteiger partial charge on any atom is -0.361 e. The van der Waals surface area contributed by atoms with Gasteiger partial charge < -0.3 is 15.2 Å². The maximum Gasteiger partial charge on any atom is 0.325 e. The van der Waals surface area contributed by atoms with Gasteiger partial charge in [0.1, 0.15) is 6.04 Å². The standard InChI is InChI=1S/C25H28N4O2/c30-24-23(21-17-26-22-10-5-4-9-20(21)22)27-25(31)29(24)14-6-13-28-15-11-19(12-16-28)18-7-2-1-3-8-18/h1-5,7-10,17,19,23,26H,6,11-16H2,(H,27,31). The van der Waals surface area contributed by atoms with Gasteiger partial charge in [-0.3, -0.25) is 9.69 Å². The highest BCUT2D eigenvalue weighted by atomic mass is 16.2. The van der Waals surface area contributed by atoms with E-state index in [4.69, 9.17) is 0 Å².